The number of nitrogens with one attached hydrogen (secondary N) is 1. The van der Waals surface area contributed by atoms with E-state index in [0.717, 1.165) is 29.0 Å². The van der Waals surface area contributed by atoms with Crippen LogP contribution >= 0.6 is 0 Å². The molecule has 2 aromatic rings. The number of hydrogen-bond acceptors (Lipinski definition) is 4. The standard InChI is InChI=1S/C17H23N3O/c1-5-13-7-6-10-19-15(13)16(20-18)14-9-8-11(2)12(3)17(14)21-4/h6-10,16,20H,5,18H2,1-4H3. The molecule has 0 fully saturated rings. The summed E-state index contributed by atoms with van der Waals surface area (Å²) in [5.41, 5.74) is 8.35. The zero-order chi connectivity index (χ0) is 15.4. The Morgan fingerprint density at radius 2 is 2.05 bits per heavy atom. The Morgan fingerprint density at radius 1 is 1.29 bits per heavy atom. The molecule has 112 valence electrons. The number of pyridine rings is 1. The maximum Gasteiger partial charge on any atom is 0.127 e. The summed E-state index contributed by atoms with van der Waals surface area (Å²) in [5, 5.41) is 0. The molecule has 1 aromatic heterocycles. The minimum atomic E-state index is -0.185. The highest BCUT2D eigenvalue weighted by Crippen LogP contribution is 2.34. The van der Waals surface area contributed by atoms with E-state index in [4.69, 9.17) is 10.6 Å². The second-order valence-corrected chi connectivity index (χ2v) is 5.13. The first-order valence-corrected chi connectivity index (χ1v) is 7.18. The number of aryl methyl sites for hydroxylation is 2. The Balaban J connectivity index is 2.59. The number of nitrogens with zero attached hydrogens (tertiary/aromatic N) is 1. The summed E-state index contributed by atoms with van der Waals surface area (Å²) in [4.78, 5) is 4.53. The molecule has 0 radical (unpaired) electrons. The third-order valence-corrected chi connectivity index (χ3v) is 3.97. The largest absolute Gasteiger partial charge is 0.496 e. The number of benzene rings is 1. The molecule has 0 aliphatic heterocycles. The molecule has 0 bridgehead atoms. The SMILES string of the molecule is CCc1cccnc1C(NN)c1ccc(C)c(C)c1OC. The van der Waals surface area contributed by atoms with Crippen LogP contribution in [-0.4, -0.2) is 12.1 Å². The van der Waals surface area contributed by atoms with Gasteiger partial charge in [-0.15, -0.1) is 0 Å². The minimum Gasteiger partial charge on any atom is -0.496 e. The van der Waals surface area contributed by atoms with Gasteiger partial charge in [-0.05, 0) is 43.0 Å². The highest BCUT2D eigenvalue weighted by molar-refractivity contribution is 5.49. The van der Waals surface area contributed by atoms with E-state index >= 15 is 0 Å². The van der Waals surface area contributed by atoms with E-state index in [2.05, 4.69) is 49.4 Å². The first kappa shape index (κ1) is 15.5. The molecular formula is C17H23N3O. The fourth-order valence-corrected chi connectivity index (χ4v) is 2.64. The molecule has 0 amide bonds. The maximum atomic E-state index is 5.83. The normalized spacial score (nSPS) is 12.2. The molecule has 0 saturated heterocycles. The Hall–Kier alpha value is -1.91. The molecule has 3 N–H and O–H groups in total. The summed E-state index contributed by atoms with van der Waals surface area (Å²) in [6.07, 6.45) is 2.71. The Bertz CT molecular complexity index is 625. The molecule has 4 nitrogen and oxygen atoms in total. The molecule has 0 spiro atoms. The monoisotopic (exact) mass is 285 g/mol. The molecule has 1 aromatic carbocycles. The summed E-state index contributed by atoms with van der Waals surface area (Å²) in [6.45, 7) is 6.25. The van der Waals surface area contributed by atoms with Gasteiger partial charge in [0.15, 0.2) is 0 Å². The van der Waals surface area contributed by atoms with E-state index in [1.54, 1.807) is 13.3 Å². The van der Waals surface area contributed by atoms with Gasteiger partial charge in [-0.25, -0.2) is 5.43 Å². The number of rotatable bonds is 5. The average molecular weight is 285 g/mol. The van der Waals surface area contributed by atoms with Crippen molar-refractivity contribution in [3.63, 3.8) is 0 Å². The van der Waals surface area contributed by atoms with Crippen LogP contribution in [0.5, 0.6) is 5.75 Å². The van der Waals surface area contributed by atoms with Crippen molar-refractivity contribution >= 4 is 0 Å². The summed E-state index contributed by atoms with van der Waals surface area (Å²) in [6, 6.07) is 8.00. The number of hydrazine groups is 1. The van der Waals surface area contributed by atoms with E-state index in [-0.39, 0.29) is 6.04 Å². The van der Waals surface area contributed by atoms with Gasteiger partial charge in [0.1, 0.15) is 5.75 Å². The molecule has 0 saturated carbocycles. The van der Waals surface area contributed by atoms with Crippen molar-refractivity contribution in [3.8, 4) is 5.75 Å². The third-order valence-electron chi connectivity index (χ3n) is 3.97. The Kier molecular flexibility index (Phi) is 4.94. The van der Waals surface area contributed by atoms with Crippen LogP contribution in [0.25, 0.3) is 0 Å². The van der Waals surface area contributed by atoms with Gasteiger partial charge in [-0.2, -0.15) is 0 Å². The topological polar surface area (TPSA) is 60.2 Å². The van der Waals surface area contributed by atoms with E-state index in [1.807, 2.05) is 6.07 Å². The molecule has 4 heteroatoms. The van der Waals surface area contributed by atoms with Crippen molar-refractivity contribution < 1.29 is 4.74 Å². The molecule has 0 aliphatic rings. The predicted octanol–water partition coefficient (Wildman–Crippen LogP) is 2.82. The Morgan fingerprint density at radius 3 is 2.67 bits per heavy atom. The number of ether oxygens (including phenoxy) is 1. The lowest BCUT2D eigenvalue weighted by atomic mass is 9.94. The highest BCUT2D eigenvalue weighted by Gasteiger charge is 2.22. The van der Waals surface area contributed by atoms with Crippen LogP contribution in [0.1, 0.15) is 40.9 Å². The van der Waals surface area contributed by atoms with Crippen LogP contribution < -0.4 is 16.0 Å². The summed E-state index contributed by atoms with van der Waals surface area (Å²) < 4.78 is 5.61. The van der Waals surface area contributed by atoms with Gasteiger partial charge in [0.2, 0.25) is 0 Å². The number of nitrogens with two attached hydrogens (primary N) is 1. The first-order valence-electron chi connectivity index (χ1n) is 7.18. The van der Waals surface area contributed by atoms with E-state index in [9.17, 15) is 0 Å². The Labute approximate surface area is 126 Å². The van der Waals surface area contributed by atoms with Gasteiger partial charge in [-0.1, -0.05) is 25.1 Å². The van der Waals surface area contributed by atoms with Crippen molar-refractivity contribution in [2.24, 2.45) is 5.84 Å². The molecular weight excluding hydrogens is 262 g/mol. The predicted molar refractivity (Wildman–Crippen MR) is 85.2 cm³/mol. The van der Waals surface area contributed by atoms with E-state index in [1.165, 1.54) is 11.1 Å². The first-order chi connectivity index (χ1) is 10.1. The van der Waals surface area contributed by atoms with Crippen molar-refractivity contribution in [1.29, 1.82) is 0 Å². The van der Waals surface area contributed by atoms with Crippen molar-refractivity contribution in [2.75, 3.05) is 7.11 Å². The maximum absolute atomic E-state index is 5.83. The molecule has 21 heavy (non-hydrogen) atoms. The second kappa shape index (κ2) is 6.70. The lowest BCUT2D eigenvalue weighted by Gasteiger charge is -2.22. The molecule has 1 heterocycles. The zero-order valence-corrected chi connectivity index (χ0v) is 13.1. The van der Waals surface area contributed by atoms with Gasteiger partial charge >= 0.3 is 0 Å². The lowest BCUT2D eigenvalue weighted by molar-refractivity contribution is 0.400. The van der Waals surface area contributed by atoms with Gasteiger partial charge in [-0.3, -0.25) is 10.8 Å². The van der Waals surface area contributed by atoms with Gasteiger partial charge in [0.25, 0.3) is 0 Å². The van der Waals surface area contributed by atoms with Crippen LogP contribution in [0.15, 0.2) is 30.5 Å². The van der Waals surface area contributed by atoms with E-state index < -0.39 is 0 Å². The fraction of sp³-hybridized carbons (Fsp3) is 0.353. The quantitative estimate of drug-likeness (QED) is 0.655. The van der Waals surface area contributed by atoms with Gasteiger partial charge in [0.05, 0.1) is 18.8 Å². The number of methoxy groups -OCH3 is 1. The highest BCUT2D eigenvalue weighted by atomic mass is 16.5. The smallest absolute Gasteiger partial charge is 0.127 e. The summed E-state index contributed by atoms with van der Waals surface area (Å²) >= 11 is 0. The van der Waals surface area contributed by atoms with Crippen molar-refractivity contribution in [3.05, 3.63) is 58.4 Å². The minimum absolute atomic E-state index is 0.185. The molecule has 1 atom stereocenters. The average Bonchev–Trinajstić information content (AvgIpc) is 2.52. The fourth-order valence-electron chi connectivity index (χ4n) is 2.64. The van der Waals surface area contributed by atoms with Crippen LogP contribution in [0.4, 0.5) is 0 Å². The van der Waals surface area contributed by atoms with E-state index in [0.29, 0.717) is 0 Å². The van der Waals surface area contributed by atoms with Crippen LogP contribution in [0.3, 0.4) is 0 Å². The van der Waals surface area contributed by atoms with Crippen molar-refractivity contribution in [1.82, 2.24) is 10.4 Å². The molecule has 2 rings (SSSR count). The molecule has 1 unspecified atom stereocenters. The van der Waals surface area contributed by atoms with Crippen LogP contribution in [0, 0.1) is 13.8 Å². The van der Waals surface area contributed by atoms with Crippen molar-refractivity contribution in [2.45, 2.75) is 33.2 Å². The summed E-state index contributed by atoms with van der Waals surface area (Å²) in [7, 11) is 1.69. The third kappa shape index (κ3) is 2.91. The number of aromatic nitrogens is 1. The van der Waals surface area contributed by atoms with Crippen LogP contribution in [-0.2, 0) is 6.42 Å². The van der Waals surface area contributed by atoms with Gasteiger partial charge < -0.3 is 4.74 Å². The summed E-state index contributed by atoms with van der Waals surface area (Å²) in [5.74, 6) is 6.69. The number of hydrogen-bond donors (Lipinski definition) is 2. The lowest BCUT2D eigenvalue weighted by Crippen LogP contribution is -2.30. The van der Waals surface area contributed by atoms with Gasteiger partial charge in [0, 0.05) is 11.8 Å². The zero-order valence-electron chi connectivity index (χ0n) is 13.1. The van der Waals surface area contributed by atoms with Crippen LogP contribution in [0.2, 0.25) is 0 Å². The molecule has 0 aliphatic carbocycles. The second-order valence-electron chi connectivity index (χ2n) is 5.13.